The summed E-state index contributed by atoms with van der Waals surface area (Å²) in [6, 6.07) is 1.65. The molecule has 128 valence electrons. The fraction of sp³-hybridized carbons (Fsp3) is 0.562. The van der Waals surface area contributed by atoms with Crippen molar-refractivity contribution in [3.8, 4) is 17.2 Å². The van der Waals surface area contributed by atoms with Gasteiger partial charge >= 0.3 is 5.97 Å². The summed E-state index contributed by atoms with van der Waals surface area (Å²) in [7, 11) is 4.63. The molecule has 0 amide bonds. The van der Waals surface area contributed by atoms with E-state index in [-0.39, 0.29) is 0 Å². The Morgan fingerprint density at radius 3 is 2.30 bits per heavy atom. The fourth-order valence-corrected chi connectivity index (χ4v) is 2.71. The second-order valence-electron chi connectivity index (χ2n) is 5.00. The van der Waals surface area contributed by atoms with Crippen LogP contribution in [0.25, 0.3) is 0 Å². The number of piperazine rings is 1. The van der Waals surface area contributed by atoms with Crippen LogP contribution in [0.3, 0.4) is 0 Å². The number of nitrogens with one attached hydrogen (secondary N) is 1. The summed E-state index contributed by atoms with van der Waals surface area (Å²) in [5.74, 6) is 0.986. The summed E-state index contributed by atoms with van der Waals surface area (Å²) in [5, 5.41) is 3.29. The number of methoxy groups -OCH3 is 3. The van der Waals surface area contributed by atoms with Gasteiger partial charge in [-0.15, -0.1) is 0 Å². The quantitative estimate of drug-likeness (QED) is 0.791. The molecule has 1 N–H and O–H groups in total. The molecule has 0 atom stereocenters. The Morgan fingerprint density at radius 1 is 1.13 bits per heavy atom. The Morgan fingerprint density at radius 2 is 1.78 bits per heavy atom. The second kappa shape index (κ2) is 7.92. The number of nitrogens with zero attached hydrogens (tertiary/aromatic N) is 1. The van der Waals surface area contributed by atoms with E-state index < -0.39 is 5.97 Å². The average Bonchev–Trinajstić information content (AvgIpc) is 2.60. The average molecular weight is 324 g/mol. The molecule has 0 bridgehead atoms. The summed E-state index contributed by atoms with van der Waals surface area (Å²) < 4.78 is 21.5. The number of hydrogen-bond donors (Lipinski definition) is 1. The molecule has 0 saturated carbocycles. The maximum absolute atomic E-state index is 12.4. The van der Waals surface area contributed by atoms with Gasteiger partial charge in [-0.25, -0.2) is 4.79 Å². The standard InChI is InChI=1S/C16H24N2O5/c1-5-23-16(19)11-10-12(20-2)14(21-3)15(22-4)13(11)18-8-6-17-7-9-18/h10,17H,5-9H2,1-4H3. The van der Waals surface area contributed by atoms with Crippen molar-refractivity contribution in [1.29, 1.82) is 0 Å². The SMILES string of the molecule is CCOC(=O)c1cc(OC)c(OC)c(OC)c1N1CCNCC1. The molecule has 1 aromatic rings. The van der Waals surface area contributed by atoms with Crippen LogP contribution in [0, 0.1) is 0 Å². The van der Waals surface area contributed by atoms with E-state index in [1.54, 1.807) is 27.2 Å². The third-order valence-corrected chi connectivity index (χ3v) is 3.73. The molecule has 7 nitrogen and oxygen atoms in total. The van der Waals surface area contributed by atoms with Gasteiger partial charge in [0.1, 0.15) is 0 Å². The summed E-state index contributed by atoms with van der Waals surface area (Å²) in [6.45, 7) is 5.27. The second-order valence-corrected chi connectivity index (χ2v) is 5.00. The number of hydrogen-bond acceptors (Lipinski definition) is 7. The normalized spacial score (nSPS) is 14.3. The molecule has 0 aromatic heterocycles. The van der Waals surface area contributed by atoms with Crippen LogP contribution < -0.4 is 24.4 Å². The largest absolute Gasteiger partial charge is 0.493 e. The first kappa shape index (κ1) is 17.2. The summed E-state index contributed by atoms with van der Waals surface area (Å²) >= 11 is 0. The van der Waals surface area contributed by atoms with E-state index in [0.29, 0.717) is 35.1 Å². The van der Waals surface area contributed by atoms with Crippen molar-refractivity contribution >= 4 is 11.7 Å². The van der Waals surface area contributed by atoms with Crippen LogP contribution >= 0.6 is 0 Å². The fourth-order valence-electron chi connectivity index (χ4n) is 2.71. The molecule has 1 aliphatic rings. The molecule has 2 rings (SSSR count). The highest BCUT2D eigenvalue weighted by Crippen LogP contribution is 2.47. The lowest BCUT2D eigenvalue weighted by Gasteiger charge is -2.32. The Kier molecular flexibility index (Phi) is 5.92. The first-order valence-corrected chi connectivity index (χ1v) is 7.63. The molecule has 1 fully saturated rings. The zero-order chi connectivity index (χ0) is 16.8. The molecule has 1 aliphatic heterocycles. The van der Waals surface area contributed by atoms with Gasteiger partial charge in [0.25, 0.3) is 0 Å². The van der Waals surface area contributed by atoms with Crippen molar-refractivity contribution in [2.24, 2.45) is 0 Å². The molecule has 0 spiro atoms. The molecule has 0 unspecified atom stereocenters. The molecule has 1 saturated heterocycles. The van der Waals surface area contributed by atoms with Gasteiger partial charge in [0.05, 0.1) is 39.2 Å². The highest BCUT2D eigenvalue weighted by molar-refractivity contribution is 5.99. The number of anilines is 1. The number of carbonyl (C=O) groups excluding carboxylic acids is 1. The highest BCUT2D eigenvalue weighted by Gasteiger charge is 2.29. The Hall–Kier alpha value is -2.15. The van der Waals surface area contributed by atoms with Crippen LogP contribution in [-0.4, -0.2) is 60.1 Å². The molecule has 7 heteroatoms. The monoisotopic (exact) mass is 324 g/mol. The zero-order valence-corrected chi connectivity index (χ0v) is 14.1. The van der Waals surface area contributed by atoms with Crippen molar-refractivity contribution in [3.05, 3.63) is 11.6 Å². The van der Waals surface area contributed by atoms with Gasteiger partial charge in [0.2, 0.25) is 5.75 Å². The summed E-state index contributed by atoms with van der Waals surface area (Å²) in [5.41, 5.74) is 1.10. The van der Waals surface area contributed by atoms with Gasteiger partial charge in [-0.3, -0.25) is 0 Å². The van der Waals surface area contributed by atoms with Crippen LogP contribution in [0.5, 0.6) is 17.2 Å². The van der Waals surface area contributed by atoms with Crippen LogP contribution in [0.1, 0.15) is 17.3 Å². The van der Waals surface area contributed by atoms with Gasteiger partial charge < -0.3 is 29.2 Å². The molecule has 23 heavy (non-hydrogen) atoms. The van der Waals surface area contributed by atoms with Crippen LogP contribution in [-0.2, 0) is 4.74 Å². The predicted molar refractivity (Wildman–Crippen MR) is 87.1 cm³/mol. The molecule has 0 aliphatic carbocycles. The van der Waals surface area contributed by atoms with E-state index in [4.69, 9.17) is 18.9 Å². The van der Waals surface area contributed by atoms with Crippen molar-refractivity contribution in [3.63, 3.8) is 0 Å². The van der Waals surface area contributed by atoms with Crippen molar-refractivity contribution in [1.82, 2.24) is 5.32 Å². The lowest BCUT2D eigenvalue weighted by molar-refractivity contribution is 0.0526. The van der Waals surface area contributed by atoms with E-state index in [9.17, 15) is 4.79 Å². The summed E-state index contributed by atoms with van der Waals surface area (Å²) in [6.07, 6.45) is 0. The molecular formula is C16H24N2O5. The van der Waals surface area contributed by atoms with E-state index in [2.05, 4.69) is 10.2 Å². The molecule has 1 aromatic carbocycles. The maximum atomic E-state index is 12.4. The van der Waals surface area contributed by atoms with E-state index in [1.807, 2.05) is 0 Å². The lowest BCUT2D eigenvalue weighted by atomic mass is 10.1. The van der Waals surface area contributed by atoms with Crippen molar-refractivity contribution < 1.29 is 23.7 Å². The first-order valence-electron chi connectivity index (χ1n) is 7.63. The van der Waals surface area contributed by atoms with Gasteiger partial charge in [-0.05, 0) is 6.92 Å². The van der Waals surface area contributed by atoms with Gasteiger partial charge in [0.15, 0.2) is 11.5 Å². The van der Waals surface area contributed by atoms with Crippen LogP contribution in [0.2, 0.25) is 0 Å². The summed E-state index contributed by atoms with van der Waals surface area (Å²) in [4.78, 5) is 14.5. The Balaban J connectivity index is 2.63. The smallest absolute Gasteiger partial charge is 0.340 e. The van der Waals surface area contributed by atoms with Gasteiger partial charge in [-0.1, -0.05) is 0 Å². The number of esters is 1. The molecular weight excluding hydrogens is 300 g/mol. The Labute approximate surface area is 136 Å². The number of carbonyl (C=O) groups is 1. The zero-order valence-electron chi connectivity index (χ0n) is 14.1. The van der Waals surface area contributed by atoms with E-state index >= 15 is 0 Å². The first-order chi connectivity index (χ1) is 11.2. The van der Waals surface area contributed by atoms with Crippen LogP contribution in [0.4, 0.5) is 5.69 Å². The number of ether oxygens (including phenoxy) is 4. The molecule has 1 heterocycles. The maximum Gasteiger partial charge on any atom is 0.340 e. The minimum atomic E-state index is -0.403. The van der Waals surface area contributed by atoms with Crippen LogP contribution in [0.15, 0.2) is 6.07 Å². The third kappa shape index (κ3) is 3.44. The van der Waals surface area contributed by atoms with Crippen molar-refractivity contribution in [2.75, 3.05) is 59.0 Å². The van der Waals surface area contributed by atoms with E-state index in [0.717, 1.165) is 26.2 Å². The van der Waals surface area contributed by atoms with E-state index in [1.165, 1.54) is 7.11 Å². The predicted octanol–water partition coefficient (Wildman–Crippen LogP) is 1.30. The third-order valence-electron chi connectivity index (χ3n) is 3.73. The number of rotatable bonds is 6. The van der Waals surface area contributed by atoms with Gasteiger partial charge in [-0.2, -0.15) is 0 Å². The van der Waals surface area contributed by atoms with Crippen molar-refractivity contribution in [2.45, 2.75) is 6.92 Å². The highest BCUT2D eigenvalue weighted by atomic mass is 16.5. The van der Waals surface area contributed by atoms with Gasteiger partial charge in [0, 0.05) is 32.2 Å². The minimum Gasteiger partial charge on any atom is -0.493 e. The minimum absolute atomic E-state index is 0.302. The molecule has 0 radical (unpaired) electrons. The lowest BCUT2D eigenvalue weighted by Crippen LogP contribution is -2.44. The number of benzene rings is 1. The Bertz CT molecular complexity index is 556. The topological polar surface area (TPSA) is 69.3 Å².